The topological polar surface area (TPSA) is 23.8 Å². The lowest BCUT2D eigenvalue weighted by Crippen LogP contribution is -2.19. The zero-order valence-corrected chi connectivity index (χ0v) is 9.47. The van der Waals surface area contributed by atoms with Crippen molar-refractivity contribution in [3.63, 3.8) is 0 Å². The molecule has 0 aliphatic heterocycles. The van der Waals surface area contributed by atoms with Gasteiger partial charge in [0.1, 0.15) is 5.82 Å². The first-order valence-electron chi connectivity index (χ1n) is 5.27. The summed E-state index contributed by atoms with van der Waals surface area (Å²) >= 11 is 0. The van der Waals surface area contributed by atoms with Crippen molar-refractivity contribution in [2.24, 2.45) is 0 Å². The molecule has 0 spiro atoms. The molecule has 15 heavy (non-hydrogen) atoms. The van der Waals surface area contributed by atoms with Gasteiger partial charge in [0.15, 0.2) is 0 Å². The van der Waals surface area contributed by atoms with Crippen LogP contribution in [0.1, 0.15) is 44.7 Å². The van der Waals surface area contributed by atoms with Crippen LogP contribution in [-0.4, -0.2) is 0 Å². The molecule has 0 heterocycles. The van der Waals surface area contributed by atoms with Crippen LogP contribution in [0.5, 0.6) is 0 Å². The minimum absolute atomic E-state index is 0.0340. The number of halogens is 1. The van der Waals surface area contributed by atoms with E-state index in [2.05, 4.69) is 20.8 Å². The number of rotatable bonds is 3. The molecule has 0 aromatic heterocycles. The van der Waals surface area contributed by atoms with Gasteiger partial charge in [-0.2, -0.15) is 5.26 Å². The van der Waals surface area contributed by atoms with Gasteiger partial charge in [-0.3, -0.25) is 0 Å². The Morgan fingerprint density at radius 3 is 2.33 bits per heavy atom. The fourth-order valence-electron chi connectivity index (χ4n) is 1.66. The van der Waals surface area contributed by atoms with Crippen molar-refractivity contribution < 1.29 is 4.39 Å². The third-order valence-corrected chi connectivity index (χ3v) is 3.28. The Bertz CT molecular complexity index is 386. The Kier molecular flexibility index (Phi) is 3.47. The van der Waals surface area contributed by atoms with Gasteiger partial charge in [-0.25, -0.2) is 4.39 Å². The van der Waals surface area contributed by atoms with Crippen molar-refractivity contribution in [3.05, 3.63) is 35.1 Å². The van der Waals surface area contributed by atoms with E-state index >= 15 is 0 Å². The van der Waals surface area contributed by atoms with Crippen molar-refractivity contribution >= 4 is 0 Å². The number of nitriles is 1. The summed E-state index contributed by atoms with van der Waals surface area (Å²) in [6, 6.07) is 6.58. The van der Waals surface area contributed by atoms with E-state index in [4.69, 9.17) is 5.26 Å². The fraction of sp³-hybridized carbons (Fsp3) is 0.462. The van der Waals surface area contributed by atoms with Gasteiger partial charge in [-0.15, -0.1) is 0 Å². The summed E-state index contributed by atoms with van der Waals surface area (Å²) in [5.74, 6) is -0.322. The van der Waals surface area contributed by atoms with Crippen LogP contribution in [0.15, 0.2) is 18.2 Å². The molecule has 0 saturated heterocycles. The highest BCUT2D eigenvalue weighted by molar-refractivity contribution is 5.37. The molecule has 1 rings (SSSR count). The first-order chi connectivity index (χ1) is 7.05. The maximum atomic E-state index is 13.3. The van der Waals surface area contributed by atoms with Gasteiger partial charge >= 0.3 is 0 Å². The lowest BCUT2D eigenvalue weighted by Gasteiger charge is -2.27. The highest BCUT2D eigenvalue weighted by atomic mass is 19.1. The summed E-state index contributed by atoms with van der Waals surface area (Å²) in [5, 5.41) is 8.78. The Morgan fingerprint density at radius 2 is 1.87 bits per heavy atom. The van der Waals surface area contributed by atoms with Crippen molar-refractivity contribution in [1.29, 1.82) is 5.26 Å². The van der Waals surface area contributed by atoms with Crippen LogP contribution in [0.2, 0.25) is 0 Å². The predicted octanol–water partition coefficient (Wildman–Crippen LogP) is 3.78. The molecule has 0 radical (unpaired) electrons. The number of nitrogens with zero attached hydrogens (tertiary/aromatic N) is 1. The Morgan fingerprint density at radius 1 is 1.27 bits per heavy atom. The molecule has 0 fully saturated rings. The maximum Gasteiger partial charge on any atom is 0.124 e. The van der Waals surface area contributed by atoms with E-state index in [1.807, 2.05) is 6.07 Å². The zero-order valence-electron chi connectivity index (χ0n) is 9.47. The van der Waals surface area contributed by atoms with Crippen LogP contribution in [0.3, 0.4) is 0 Å². The molecule has 1 aromatic rings. The molecule has 80 valence electrons. The minimum Gasteiger partial charge on any atom is -0.207 e. The maximum absolute atomic E-state index is 13.3. The van der Waals surface area contributed by atoms with Gasteiger partial charge < -0.3 is 0 Å². The van der Waals surface area contributed by atoms with Crippen LogP contribution in [-0.2, 0) is 5.41 Å². The van der Waals surface area contributed by atoms with Gasteiger partial charge in [0.05, 0.1) is 11.6 Å². The molecular weight excluding hydrogens is 189 g/mol. The van der Waals surface area contributed by atoms with E-state index in [1.165, 1.54) is 12.1 Å². The van der Waals surface area contributed by atoms with Crippen LogP contribution >= 0.6 is 0 Å². The molecule has 1 nitrogen and oxygen atoms in total. The molecule has 0 amide bonds. The zero-order chi connectivity index (χ0) is 11.5. The standard InChI is InChI=1S/C13H16FN/c1-4-13(3,5-2)11-6-10(9-15)7-12(14)8-11/h6-8H,4-5H2,1-3H3. The van der Waals surface area contributed by atoms with Crippen molar-refractivity contribution in [2.75, 3.05) is 0 Å². The van der Waals surface area contributed by atoms with E-state index < -0.39 is 0 Å². The van der Waals surface area contributed by atoms with Gasteiger partial charge in [0, 0.05) is 0 Å². The summed E-state index contributed by atoms with van der Waals surface area (Å²) in [6.45, 7) is 6.27. The Labute approximate surface area is 90.5 Å². The summed E-state index contributed by atoms with van der Waals surface area (Å²) in [6.07, 6.45) is 1.88. The van der Waals surface area contributed by atoms with E-state index in [1.54, 1.807) is 6.07 Å². The molecule has 0 atom stereocenters. The van der Waals surface area contributed by atoms with Gasteiger partial charge in [-0.05, 0) is 42.0 Å². The lowest BCUT2D eigenvalue weighted by atomic mass is 9.77. The van der Waals surface area contributed by atoms with E-state index in [0.717, 1.165) is 18.4 Å². The second-order valence-corrected chi connectivity index (χ2v) is 4.11. The largest absolute Gasteiger partial charge is 0.207 e. The van der Waals surface area contributed by atoms with Crippen LogP contribution in [0.25, 0.3) is 0 Å². The number of hydrogen-bond acceptors (Lipinski definition) is 1. The molecule has 0 bridgehead atoms. The molecule has 0 aliphatic rings. The van der Waals surface area contributed by atoms with Gasteiger partial charge in [0.25, 0.3) is 0 Å². The van der Waals surface area contributed by atoms with Crippen molar-refractivity contribution in [3.8, 4) is 6.07 Å². The van der Waals surface area contributed by atoms with Gasteiger partial charge in [0.2, 0.25) is 0 Å². The quantitative estimate of drug-likeness (QED) is 0.736. The number of hydrogen-bond donors (Lipinski definition) is 0. The van der Waals surface area contributed by atoms with E-state index in [9.17, 15) is 4.39 Å². The van der Waals surface area contributed by atoms with Gasteiger partial charge in [-0.1, -0.05) is 20.8 Å². The summed E-state index contributed by atoms with van der Waals surface area (Å²) < 4.78 is 13.3. The van der Waals surface area contributed by atoms with Crippen molar-refractivity contribution in [2.45, 2.75) is 39.0 Å². The predicted molar refractivity (Wildman–Crippen MR) is 59.0 cm³/mol. The summed E-state index contributed by atoms with van der Waals surface area (Å²) in [5.41, 5.74) is 1.29. The minimum atomic E-state index is -0.322. The first kappa shape index (κ1) is 11.7. The molecule has 2 heteroatoms. The molecule has 1 aromatic carbocycles. The fourth-order valence-corrected chi connectivity index (χ4v) is 1.66. The van der Waals surface area contributed by atoms with E-state index in [0.29, 0.717) is 5.56 Å². The first-order valence-corrected chi connectivity index (χ1v) is 5.27. The highest BCUT2D eigenvalue weighted by Crippen LogP contribution is 2.31. The van der Waals surface area contributed by atoms with Crippen molar-refractivity contribution in [1.82, 2.24) is 0 Å². The third-order valence-electron chi connectivity index (χ3n) is 3.28. The van der Waals surface area contributed by atoms with E-state index in [-0.39, 0.29) is 11.2 Å². The second kappa shape index (κ2) is 4.44. The average Bonchev–Trinajstić information content (AvgIpc) is 2.27. The molecule has 0 unspecified atom stereocenters. The summed E-state index contributed by atoms with van der Waals surface area (Å²) in [7, 11) is 0. The highest BCUT2D eigenvalue weighted by Gasteiger charge is 2.23. The normalized spacial score (nSPS) is 11.1. The Balaban J connectivity index is 3.25. The third kappa shape index (κ3) is 2.36. The Hall–Kier alpha value is -1.36. The molecule has 0 saturated carbocycles. The van der Waals surface area contributed by atoms with Crippen LogP contribution < -0.4 is 0 Å². The van der Waals surface area contributed by atoms with Crippen LogP contribution in [0.4, 0.5) is 4.39 Å². The second-order valence-electron chi connectivity index (χ2n) is 4.11. The lowest BCUT2D eigenvalue weighted by molar-refractivity contribution is 0.436. The molecule has 0 N–H and O–H groups in total. The molecule has 0 aliphatic carbocycles. The SMILES string of the molecule is CCC(C)(CC)c1cc(F)cc(C#N)c1. The summed E-state index contributed by atoms with van der Waals surface area (Å²) in [4.78, 5) is 0. The number of benzene rings is 1. The smallest absolute Gasteiger partial charge is 0.124 e. The average molecular weight is 205 g/mol. The van der Waals surface area contributed by atoms with Crippen LogP contribution in [0, 0.1) is 17.1 Å². The monoisotopic (exact) mass is 205 g/mol. The molecular formula is C13H16FN.